The zero-order chi connectivity index (χ0) is 8.53. The number of ether oxygens (including phenoxy) is 1. The Morgan fingerprint density at radius 1 is 1.27 bits per heavy atom. The molecule has 0 saturated carbocycles. The zero-order valence-electron chi connectivity index (χ0n) is 8.10. The Kier molecular flexibility index (Phi) is 8.03. The van der Waals surface area contributed by atoms with Crippen molar-refractivity contribution in [3.8, 4) is 0 Å². The molecular formula is C10H21O. The molecule has 1 heteroatoms. The van der Waals surface area contributed by atoms with Gasteiger partial charge in [0.25, 0.3) is 0 Å². The Labute approximate surface area is 71.1 Å². The predicted molar refractivity (Wildman–Crippen MR) is 49.3 cm³/mol. The summed E-state index contributed by atoms with van der Waals surface area (Å²) in [4.78, 5) is 0. The van der Waals surface area contributed by atoms with Gasteiger partial charge in [-0.3, -0.25) is 0 Å². The van der Waals surface area contributed by atoms with Crippen molar-refractivity contribution in [1.29, 1.82) is 0 Å². The largest absolute Gasteiger partial charge is 0.373 e. The Morgan fingerprint density at radius 3 is 2.55 bits per heavy atom. The molecule has 1 atom stereocenters. The lowest BCUT2D eigenvalue weighted by Crippen LogP contribution is -2.04. The summed E-state index contributed by atoms with van der Waals surface area (Å²) in [5.74, 6) is 0. The van der Waals surface area contributed by atoms with Crippen LogP contribution in [0.3, 0.4) is 0 Å². The molecular weight excluding hydrogens is 136 g/mol. The number of hydrogen-bond donors (Lipinski definition) is 0. The maximum absolute atomic E-state index is 5.30. The highest BCUT2D eigenvalue weighted by Crippen LogP contribution is 2.07. The Balaban J connectivity index is 2.97. The second-order valence-corrected chi connectivity index (χ2v) is 3.03. The smallest absolute Gasteiger partial charge is 0.0809 e. The van der Waals surface area contributed by atoms with Crippen LogP contribution in [0.1, 0.15) is 52.9 Å². The van der Waals surface area contributed by atoms with Crippen LogP contribution in [0.4, 0.5) is 0 Å². The van der Waals surface area contributed by atoms with Gasteiger partial charge in [0, 0.05) is 0 Å². The van der Waals surface area contributed by atoms with Crippen LogP contribution in [0.2, 0.25) is 0 Å². The van der Waals surface area contributed by atoms with Gasteiger partial charge in [0.05, 0.1) is 12.7 Å². The molecule has 0 spiro atoms. The molecule has 0 aliphatic heterocycles. The van der Waals surface area contributed by atoms with Gasteiger partial charge in [-0.2, -0.15) is 0 Å². The summed E-state index contributed by atoms with van der Waals surface area (Å²) in [6, 6.07) is 0. The van der Waals surface area contributed by atoms with Crippen molar-refractivity contribution in [2.75, 3.05) is 0 Å². The molecule has 0 aromatic rings. The second-order valence-electron chi connectivity index (χ2n) is 3.03. The third kappa shape index (κ3) is 7.86. The lowest BCUT2D eigenvalue weighted by atomic mass is 10.1. The van der Waals surface area contributed by atoms with Crippen molar-refractivity contribution < 1.29 is 4.74 Å². The SMILES string of the molecule is C[CH]OC(C)CCCCCC. The van der Waals surface area contributed by atoms with E-state index in [0.29, 0.717) is 6.10 Å². The Morgan fingerprint density at radius 2 is 2.00 bits per heavy atom. The van der Waals surface area contributed by atoms with E-state index in [0.717, 1.165) is 0 Å². The van der Waals surface area contributed by atoms with E-state index in [-0.39, 0.29) is 0 Å². The van der Waals surface area contributed by atoms with E-state index >= 15 is 0 Å². The highest BCUT2D eigenvalue weighted by molar-refractivity contribution is 4.53. The van der Waals surface area contributed by atoms with E-state index in [1.807, 2.05) is 6.92 Å². The van der Waals surface area contributed by atoms with E-state index in [1.165, 1.54) is 32.1 Å². The van der Waals surface area contributed by atoms with Crippen molar-refractivity contribution in [3.63, 3.8) is 0 Å². The first-order valence-corrected chi connectivity index (χ1v) is 4.74. The fourth-order valence-corrected chi connectivity index (χ4v) is 1.16. The minimum Gasteiger partial charge on any atom is -0.373 e. The molecule has 0 heterocycles. The first-order valence-electron chi connectivity index (χ1n) is 4.74. The molecule has 0 aliphatic rings. The fourth-order valence-electron chi connectivity index (χ4n) is 1.16. The van der Waals surface area contributed by atoms with Crippen LogP contribution in [0.15, 0.2) is 0 Å². The topological polar surface area (TPSA) is 9.23 Å². The van der Waals surface area contributed by atoms with Gasteiger partial charge in [0.2, 0.25) is 0 Å². The van der Waals surface area contributed by atoms with E-state index in [9.17, 15) is 0 Å². The monoisotopic (exact) mass is 157 g/mol. The minimum atomic E-state index is 0.414. The van der Waals surface area contributed by atoms with Crippen molar-refractivity contribution in [2.24, 2.45) is 0 Å². The standard InChI is InChI=1S/C10H21O/c1-4-6-7-8-9-10(3)11-5-2/h5,10H,4,6-9H2,1-3H3. The van der Waals surface area contributed by atoms with Gasteiger partial charge in [-0.1, -0.05) is 32.6 Å². The first-order chi connectivity index (χ1) is 5.31. The average Bonchev–Trinajstić information content (AvgIpc) is 1.99. The molecule has 0 aliphatic carbocycles. The third-order valence-corrected chi connectivity index (χ3v) is 1.83. The molecule has 0 amide bonds. The lowest BCUT2D eigenvalue weighted by Gasteiger charge is -2.09. The van der Waals surface area contributed by atoms with Crippen LogP contribution in [0.25, 0.3) is 0 Å². The molecule has 11 heavy (non-hydrogen) atoms. The molecule has 1 unspecified atom stereocenters. The summed E-state index contributed by atoms with van der Waals surface area (Å²) in [5.41, 5.74) is 0. The summed E-state index contributed by atoms with van der Waals surface area (Å²) in [6.07, 6.45) is 6.95. The molecule has 0 aromatic heterocycles. The fraction of sp³-hybridized carbons (Fsp3) is 0.900. The summed E-state index contributed by atoms with van der Waals surface area (Å²) >= 11 is 0. The first kappa shape index (κ1) is 11.0. The quantitative estimate of drug-likeness (QED) is 0.513. The summed E-state index contributed by atoms with van der Waals surface area (Å²) < 4.78 is 5.30. The normalized spacial score (nSPS) is 13.4. The second kappa shape index (κ2) is 8.06. The molecule has 0 aromatic carbocycles. The van der Waals surface area contributed by atoms with Gasteiger partial charge < -0.3 is 4.74 Å². The number of unbranched alkanes of at least 4 members (excludes halogenated alkanes) is 3. The van der Waals surface area contributed by atoms with Crippen molar-refractivity contribution >= 4 is 0 Å². The molecule has 0 N–H and O–H groups in total. The summed E-state index contributed by atoms with van der Waals surface area (Å²) in [5, 5.41) is 0. The molecule has 1 nitrogen and oxygen atoms in total. The van der Waals surface area contributed by atoms with Crippen LogP contribution in [0, 0.1) is 6.61 Å². The van der Waals surface area contributed by atoms with Gasteiger partial charge in [-0.15, -0.1) is 0 Å². The minimum absolute atomic E-state index is 0.414. The van der Waals surface area contributed by atoms with E-state index in [2.05, 4.69) is 13.8 Å². The van der Waals surface area contributed by atoms with Crippen LogP contribution < -0.4 is 0 Å². The maximum atomic E-state index is 5.30. The van der Waals surface area contributed by atoms with Gasteiger partial charge in [0.15, 0.2) is 0 Å². The molecule has 0 rings (SSSR count). The molecule has 1 radical (unpaired) electrons. The van der Waals surface area contributed by atoms with E-state index in [1.54, 1.807) is 6.61 Å². The van der Waals surface area contributed by atoms with Gasteiger partial charge in [-0.05, 0) is 20.3 Å². The van der Waals surface area contributed by atoms with E-state index in [4.69, 9.17) is 4.74 Å². The van der Waals surface area contributed by atoms with Crippen LogP contribution in [-0.2, 0) is 4.74 Å². The lowest BCUT2D eigenvalue weighted by molar-refractivity contribution is 0.114. The van der Waals surface area contributed by atoms with Crippen molar-refractivity contribution in [1.82, 2.24) is 0 Å². The maximum Gasteiger partial charge on any atom is 0.0809 e. The molecule has 0 fully saturated rings. The summed E-state index contributed by atoms with van der Waals surface area (Å²) in [7, 11) is 0. The number of rotatable bonds is 7. The Bertz CT molecular complexity index is 71.3. The molecule has 0 bridgehead atoms. The van der Waals surface area contributed by atoms with Crippen molar-refractivity contribution in [3.05, 3.63) is 6.61 Å². The zero-order valence-corrected chi connectivity index (χ0v) is 8.10. The molecule has 0 saturated heterocycles. The van der Waals surface area contributed by atoms with Crippen LogP contribution in [-0.4, -0.2) is 6.10 Å². The number of hydrogen-bond acceptors (Lipinski definition) is 1. The van der Waals surface area contributed by atoms with Crippen LogP contribution >= 0.6 is 0 Å². The van der Waals surface area contributed by atoms with Crippen molar-refractivity contribution in [2.45, 2.75) is 59.0 Å². The average molecular weight is 157 g/mol. The highest BCUT2D eigenvalue weighted by Gasteiger charge is 1.99. The Hall–Kier alpha value is -0.0400. The highest BCUT2D eigenvalue weighted by atomic mass is 16.5. The molecule has 67 valence electrons. The van der Waals surface area contributed by atoms with Gasteiger partial charge >= 0.3 is 0 Å². The summed E-state index contributed by atoms with van der Waals surface area (Å²) in [6.45, 7) is 8.08. The van der Waals surface area contributed by atoms with Gasteiger partial charge in [0.1, 0.15) is 0 Å². The van der Waals surface area contributed by atoms with Crippen LogP contribution in [0.5, 0.6) is 0 Å². The van der Waals surface area contributed by atoms with Gasteiger partial charge in [-0.25, -0.2) is 0 Å². The van der Waals surface area contributed by atoms with E-state index < -0.39 is 0 Å². The predicted octanol–water partition coefficient (Wildman–Crippen LogP) is 3.54. The third-order valence-electron chi connectivity index (χ3n) is 1.83.